The molecule has 1 aromatic carbocycles. The minimum absolute atomic E-state index is 0.279. The Morgan fingerprint density at radius 2 is 2.14 bits per heavy atom. The maximum Gasteiger partial charge on any atom is 0.234 e. The van der Waals surface area contributed by atoms with Gasteiger partial charge < -0.3 is 5.11 Å². The highest BCUT2D eigenvalue weighted by Crippen LogP contribution is 2.13. The third-order valence-corrected chi connectivity index (χ3v) is 3.40. The van der Waals surface area contributed by atoms with Gasteiger partial charge in [0.25, 0.3) is 0 Å². The third kappa shape index (κ3) is 3.81. The summed E-state index contributed by atoms with van der Waals surface area (Å²) in [7, 11) is -3.40. The van der Waals surface area contributed by atoms with E-state index in [0.29, 0.717) is 5.69 Å². The lowest BCUT2D eigenvalue weighted by Gasteiger charge is -2.06. The monoisotopic (exact) mass is 327 g/mol. The molecule has 0 aliphatic carbocycles. The molecular weight excluding hydrogens is 317 g/mol. The van der Waals surface area contributed by atoms with Crippen LogP contribution in [0.3, 0.4) is 0 Å². The van der Waals surface area contributed by atoms with Crippen molar-refractivity contribution >= 4 is 38.3 Å². The average molecular weight is 327 g/mol. The summed E-state index contributed by atoms with van der Waals surface area (Å²) in [5.74, 6) is -0.279. The summed E-state index contributed by atoms with van der Waals surface area (Å²) in [5.41, 5.74) is 0.519. The minimum atomic E-state index is -3.40. The quantitative estimate of drug-likeness (QED) is 0.812. The number of hydrogen-bond acceptors (Lipinski definition) is 3. The smallest absolute Gasteiger partial charge is 0.234 e. The van der Waals surface area contributed by atoms with Crippen LogP contribution < -0.4 is 4.72 Å². The van der Waals surface area contributed by atoms with Gasteiger partial charge in [-0.05, 0) is 40.8 Å². The second-order valence-corrected chi connectivity index (χ2v) is 5.74. The summed E-state index contributed by atoms with van der Waals surface area (Å²) < 4.78 is 25.8. The Labute approximate surface area is 96.5 Å². The van der Waals surface area contributed by atoms with E-state index in [2.05, 4.69) is 27.3 Å². The number of hydrogen-bond donors (Lipinski definition) is 2. The van der Waals surface area contributed by atoms with Gasteiger partial charge in [0.1, 0.15) is 0 Å². The molecule has 0 saturated carbocycles. The van der Waals surface area contributed by atoms with Gasteiger partial charge in [-0.2, -0.15) is 0 Å². The topological polar surface area (TPSA) is 66.4 Å². The van der Waals surface area contributed by atoms with E-state index in [-0.39, 0.29) is 12.4 Å². The molecule has 0 bridgehead atoms. The van der Waals surface area contributed by atoms with E-state index in [1.54, 1.807) is 18.2 Å². The Kier molecular flexibility index (Phi) is 4.14. The average Bonchev–Trinajstić information content (AvgIpc) is 2.02. The Balaban J connectivity index is 2.79. The Morgan fingerprint density at radius 3 is 2.71 bits per heavy atom. The standard InChI is InChI=1S/C8H10INO3S/c9-7-2-1-3-8(6-7)10-14(12,13)5-4-11/h1-3,6,10-11H,4-5H2. The molecule has 0 aromatic heterocycles. The Hall–Kier alpha value is -0.340. The summed E-state index contributed by atoms with van der Waals surface area (Å²) in [6.45, 7) is -0.376. The maximum atomic E-state index is 11.2. The van der Waals surface area contributed by atoms with Gasteiger partial charge >= 0.3 is 0 Å². The number of aliphatic hydroxyl groups is 1. The molecule has 14 heavy (non-hydrogen) atoms. The summed E-state index contributed by atoms with van der Waals surface area (Å²) in [5, 5.41) is 8.51. The number of aliphatic hydroxyl groups excluding tert-OH is 1. The molecule has 0 radical (unpaired) electrons. The number of halogens is 1. The SMILES string of the molecule is O=S(=O)(CCO)Nc1cccc(I)c1. The van der Waals surface area contributed by atoms with Gasteiger partial charge in [-0.25, -0.2) is 8.42 Å². The van der Waals surface area contributed by atoms with Crippen LogP contribution in [0.4, 0.5) is 5.69 Å². The van der Waals surface area contributed by atoms with Gasteiger partial charge in [-0.3, -0.25) is 4.72 Å². The number of benzene rings is 1. The molecule has 78 valence electrons. The molecule has 0 heterocycles. The van der Waals surface area contributed by atoms with Crippen molar-refractivity contribution < 1.29 is 13.5 Å². The molecule has 0 aliphatic rings. The lowest BCUT2D eigenvalue weighted by molar-refractivity contribution is 0.320. The molecule has 0 saturated heterocycles. The highest BCUT2D eigenvalue weighted by molar-refractivity contribution is 14.1. The zero-order valence-corrected chi connectivity index (χ0v) is 10.2. The Morgan fingerprint density at radius 1 is 1.43 bits per heavy atom. The first kappa shape index (κ1) is 11.7. The predicted molar refractivity (Wildman–Crippen MR) is 63.7 cm³/mol. The summed E-state index contributed by atoms with van der Waals surface area (Å²) in [6.07, 6.45) is 0. The molecule has 0 fully saturated rings. The summed E-state index contributed by atoms with van der Waals surface area (Å²) >= 11 is 2.09. The van der Waals surface area contributed by atoms with E-state index in [1.807, 2.05) is 6.07 Å². The molecule has 2 N–H and O–H groups in total. The van der Waals surface area contributed by atoms with Gasteiger partial charge in [-0.1, -0.05) is 6.07 Å². The number of nitrogens with one attached hydrogen (secondary N) is 1. The fourth-order valence-electron chi connectivity index (χ4n) is 0.903. The van der Waals surface area contributed by atoms with Crippen LogP contribution >= 0.6 is 22.6 Å². The number of rotatable bonds is 4. The highest BCUT2D eigenvalue weighted by atomic mass is 127. The fraction of sp³-hybridized carbons (Fsp3) is 0.250. The van der Waals surface area contributed by atoms with Crippen LogP contribution in [0.15, 0.2) is 24.3 Å². The van der Waals surface area contributed by atoms with Crippen molar-refractivity contribution in [2.75, 3.05) is 17.1 Å². The first-order valence-electron chi connectivity index (χ1n) is 3.90. The molecule has 4 nitrogen and oxygen atoms in total. The molecule has 0 unspecified atom stereocenters. The van der Waals surface area contributed by atoms with Gasteiger partial charge in [0.15, 0.2) is 0 Å². The highest BCUT2D eigenvalue weighted by Gasteiger charge is 2.08. The molecule has 1 aromatic rings. The molecule has 1 rings (SSSR count). The number of anilines is 1. The van der Waals surface area contributed by atoms with Crippen molar-refractivity contribution in [1.29, 1.82) is 0 Å². The second-order valence-electron chi connectivity index (χ2n) is 2.65. The van der Waals surface area contributed by atoms with Gasteiger partial charge in [0, 0.05) is 9.26 Å². The molecule has 0 spiro atoms. The van der Waals surface area contributed by atoms with Crippen molar-refractivity contribution in [1.82, 2.24) is 0 Å². The van der Waals surface area contributed by atoms with E-state index >= 15 is 0 Å². The van der Waals surface area contributed by atoms with Crippen LogP contribution in [0, 0.1) is 3.57 Å². The maximum absolute atomic E-state index is 11.2. The van der Waals surface area contributed by atoms with E-state index in [9.17, 15) is 8.42 Å². The van der Waals surface area contributed by atoms with E-state index in [1.165, 1.54) is 0 Å². The van der Waals surface area contributed by atoms with Crippen LogP contribution in [-0.4, -0.2) is 25.9 Å². The van der Waals surface area contributed by atoms with Crippen LogP contribution in [-0.2, 0) is 10.0 Å². The largest absolute Gasteiger partial charge is 0.395 e. The van der Waals surface area contributed by atoms with E-state index in [0.717, 1.165) is 3.57 Å². The third-order valence-electron chi connectivity index (χ3n) is 1.46. The van der Waals surface area contributed by atoms with E-state index in [4.69, 9.17) is 5.11 Å². The first-order chi connectivity index (χ1) is 6.53. The fourth-order valence-corrected chi connectivity index (χ4v) is 2.27. The summed E-state index contributed by atoms with van der Waals surface area (Å²) in [4.78, 5) is 0. The van der Waals surface area contributed by atoms with Gasteiger partial charge in [0.05, 0.1) is 12.4 Å². The number of sulfonamides is 1. The molecule has 0 aliphatic heterocycles. The zero-order chi connectivity index (χ0) is 10.6. The van der Waals surface area contributed by atoms with Gasteiger partial charge in [-0.15, -0.1) is 0 Å². The molecule has 0 atom stereocenters. The lowest BCUT2D eigenvalue weighted by atomic mass is 10.3. The van der Waals surface area contributed by atoms with Crippen molar-refractivity contribution in [3.8, 4) is 0 Å². The van der Waals surface area contributed by atoms with Crippen LogP contribution in [0.1, 0.15) is 0 Å². The van der Waals surface area contributed by atoms with Crippen molar-refractivity contribution in [3.05, 3.63) is 27.8 Å². The van der Waals surface area contributed by atoms with Crippen LogP contribution in [0.25, 0.3) is 0 Å². The van der Waals surface area contributed by atoms with Crippen molar-refractivity contribution in [2.24, 2.45) is 0 Å². The zero-order valence-electron chi connectivity index (χ0n) is 7.27. The minimum Gasteiger partial charge on any atom is -0.395 e. The van der Waals surface area contributed by atoms with Crippen molar-refractivity contribution in [3.63, 3.8) is 0 Å². The molecule has 0 amide bonds. The van der Waals surface area contributed by atoms with Crippen LogP contribution in [0.2, 0.25) is 0 Å². The second kappa shape index (κ2) is 4.94. The normalized spacial score (nSPS) is 11.3. The molecular formula is C8H10INO3S. The van der Waals surface area contributed by atoms with Crippen LogP contribution in [0.5, 0.6) is 0 Å². The molecule has 6 heteroatoms. The predicted octanol–water partition coefficient (Wildman–Crippen LogP) is 1.03. The Bertz CT molecular complexity index is 405. The van der Waals surface area contributed by atoms with E-state index < -0.39 is 10.0 Å². The van der Waals surface area contributed by atoms with Crippen molar-refractivity contribution in [2.45, 2.75) is 0 Å². The lowest BCUT2D eigenvalue weighted by Crippen LogP contribution is -2.18. The summed E-state index contributed by atoms with van der Waals surface area (Å²) in [6, 6.07) is 7.01. The first-order valence-corrected chi connectivity index (χ1v) is 6.63. The van der Waals surface area contributed by atoms with Gasteiger partial charge in [0.2, 0.25) is 10.0 Å².